The highest BCUT2D eigenvalue weighted by Gasteiger charge is 2.23. The fraction of sp³-hybridized carbons (Fsp3) is 0.500. The third kappa shape index (κ3) is 3.16. The van der Waals surface area contributed by atoms with Gasteiger partial charge in [-0.2, -0.15) is 0 Å². The van der Waals surface area contributed by atoms with Crippen LogP contribution in [0.25, 0.3) is 0 Å². The van der Waals surface area contributed by atoms with Crippen molar-refractivity contribution < 1.29 is 5.21 Å². The van der Waals surface area contributed by atoms with E-state index in [1.165, 1.54) is 0 Å². The molecule has 1 aliphatic rings. The number of hydrogen-bond donors (Lipinski definition) is 2. The van der Waals surface area contributed by atoms with Gasteiger partial charge in [-0.15, -0.1) is 0 Å². The maximum atomic E-state index is 8.93. The molecule has 6 heteroatoms. The van der Waals surface area contributed by atoms with Crippen molar-refractivity contribution in [2.75, 3.05) is 32.1 Å². The Labute approximate surface area is 124 Å². The summed E-state index contributed by atoms with van der Waals surface area (Å²) in [4.78, 5) is 4.54. The van der Waals surface area contributed by atoms with Crippen LogP contribution in [0.15, 0.2) is 23.4 Å². The normalized spacial score (nSPS) is 18.2. The summed E-state index contributed by atoms with van der Waals surface area (Å²) in [6.45, 7) is 2.17. The van der Waals surface area contributed by atoms with Crippen LogP contribution in [0.1, 0.15) is 18.4 Å². The molecule has 3 N–H and O–H groups in total. The van der Waals surface area contributed by atoms with E-state index in [1.54, 1.807) is 6.07 Å². The van der Waals surface area contributed by atoms with Gasteiger partial charge in [-0.05, 0) is 51.2 Å². The minimum absolute atomic E-state index is 0.0854. The third-order valence-corrected chi connectivity index (χ3v) is 4.19. The third-order valence-electron chi connectivity index (χ3n) is 3.96. The van der Waals surface area contributed by atoms with E-state index in [0.29, 0.717) is 16.6 Å². The lowest BCUT2D eigenvalue weighted by atomic mass is 10.0. The molecule has 0 amide bonds. The quantitative estimate of drug-likeness (QED) is 0.387. The predicted octanol–water partition coefficient (Wildman–Crippen LogP) is 1.96. The first-order valence-electron chi connectivity index (χ1n) is 6.71. The summed E-state index contributed by atoms with van der Waals surface area (Å²) in [5, 5.41) is 12.6. The average molecular weight is 297 g/mol. The number of oxime groups is 1. The van der Waals surface area contributed by atoms with E-state index in [0.717, 1.165) is 31.6 Å². The molecule has 20 heavy (non-hydrogen) atoms. The number of amidine groups is 1. The Kier molecular flexibility index (Phi) is 4.73. The van der Waals surface area contributed by atoms with Crippen molar-refractivity contribution in [1.82, 2.24) is 4.90 Å². The molecule has 1 aromatic rings. The van der Waals surface area contributed by atoms with E-state index < -0.39 is 0 Å². The molecule has 1 saturated heterocycles. The molecule has 2 rings (SSSR count). The second-order valence-electron chi connectivity index (χ2n) is 5.29. The average Bonchev–Trinajstić information content (AvgIpc) is 2.46. The molecule has 0 atom stereocenters. The summed E-state index contributed by atoms with van der Waals surface area (Å²) >= 11 is 6.01. The maximum Gasteiger partial charge on any atom is 0.172 e. The highest BCUT2D eigenvalue weighted by atomic mass is 35.5. The van der Waals surface area contributed by atoms with Crippen molar-refractivity contribution in [3.05, 3.63) is 28.8 Å². The van der Waals surface area contributed by atoms with Crippen molar-refractivity contribution in [1.29, 1.82) is 0 Å². The lowest BCUT2D eigenvalue weighted by Gasteiger charge is -2.37. The van der Waals surface area contributed by atoms with Gasteiger partial charge in [0.2, 0.25) is 0 Å². The second kappa shape index (κ2) is 6.33. The van der Waals surface area contributed by atoms with Gasteiger partial charge in [0.25, 0.3) is 0 Å². The fourth-order valence-electron chi connectivity index (χ4n) is 2.65. The molecule has 0 spiro atoms. The molecule has 0 aliphatic carbocycles. The first-order valence-corrected chi connectivity index (χ1v) is 7.09. The van der Waals surface area contributed by atoms with Crippen LogP contribution in [-0.2, 0) is 0 Å². The highest BCUT2D eigenvalue weighted by molar-refractivity contribution is 6.31. The van der Waals surface area contributed by atoms with E-state index in [1.807, 2.05) is 19.2 Å². The minimum atomic E-state index is 0.0854. The molecule has 0 unspecified atom stereocenters. The Morgan fingerprint density at radius 1 is 1.45 bits per heavy atom. The molecule has 0 bridgehead atoms. The monoisotopic (exact) mass is 296 g/mol. The van der Waals surface area contributed by atoms with Gasteiger partial charge in [0.1, 0.15) is 0 Å². The van der Waals surface area contributed by atoms with Gasteiger partial charge < -0.3 is 20.7 Å². The number of nitrogens with zero attached hydrogens (tertiary/aromatic N) is 3. The zero-order valence-electron chi connectivity index (χ0n) is 11.9. The lowest BCUT2D eigenvalue weighted by molar-refractivity contribution is 0.253. The zero-order valence-corrected chi connectivity index (χ0v) is 12.6. The number of hydrogen-bond acceptors (Lipinski definition) is 4. The molecular formula is C14H21ClN4O. The molecular weight excluding hydrogens is 276 g/mol. The minimum Gasteiger partial charge on any atom is -0.409 e. The first-order chi connectivity index (χ1) is 9.52. The van der Waals surface area contributed by atoms with E-state index in [2.05, 4.69) is 22.0 Å². The molecule has 110 valence electrons. The number of benzene rings is 1. The first kappa shape index (κ1) is 14.9. The van der Waals surface area contributed by atoms with Crippen LogP contribution in [0.2, 0.25) is 5.02 Å². The van der Waals surface area contributed by atoms with Gasteiger partial charge in [0.05, 0.1) is 0 Å². The number of anilines is 1. The number of nitrogens with two attached hydrogens (primary N) is 1. The summed E-state index contributed by atoms with van der Waals surface area (Å²) in [5.41, 5.74) is 7.37. The SMILES string of the molecule is CN1CCC(N(C)c2ccc(Cl)cc2C(N)=NO)CC1. The summed E-state index contributed by atoms with van der Waals surface area (Å²) < 4.78 is 0. The topological polar surface area (TPSA) is 65.1 Å². The zero-order chi connectivity index (χ0) is 14.7. The van der Waals surface area contributed by atoms with Gasteiger partial charge >= 0.3 is 0 Å². The Balaban J connectivity index is 2.27. The molecule has 5 nitrogen and oxygen atoms in total. The second-order valence-corrected chi connectivity index (χ2v) is 5.73. The Morgan fingerprint density at radius 2 is 2.10 bits per heavy atom. The van der Waals surface area contributed by atoms with E-state index >= 15 is 0 Å². The molecule has 1 aliphatic heterocycles. The predicted molar refractivity (Wildman–Crippen MR) is 82.9 cm³/mol. The van der Waals surface area contributed by atoms with Crippen molar-refractivity contribution >= 4 is 23.1 Å². The maximum absolute atomic E-state index is 8.93. The van der Waals surface area contributed by atoms with Crippen LogP contribution in [0, 0.1) is 0 Å². The molecule has 1 heterocycles. The molecule has 0 saturated carbocycles. The highest BCUT2D eigenvalue weighted by Crippen LogP contribution is 2.27. The molecule has 1 fully saturated rings. The number of piperidine rings is 1. The number of rotatable bonds is 3. The summed E-state index contributed by atoms with van der Waals surface area (Å²) in [5.74, 6) is 0.0854. The Bertz CT molecular complexity index is 498. The van der Waals surface area contributed by atoms with Gasteiger partial charge in [-0.25, -0.2) is 0 Å². The van der Waals surface area contributed by atoms with Crippen LogP contribution < -0.4 is 10.6 Å². The number of likely N-dealkylation sites (tertiary alicyclic amines) is 1. The summed E-state index contributed by atoms with van der Waals surface area (Å²) in [6.07, 6.45) is 2.20. The molecule has 0 radical (unpaired) electrons. The van der Waals surface area contributed by atoms with E-state index in [-0.39, 0.29) is 5.84 Å². The Hall–Kier alpha value is -1.46. The van der Waals surface area contributed by atoms with Gasteiger partial charge in [0, 0.05) is 29.4 Å². The summed E-state index contributed by atoms with van der Waals surface area (Å²) in [7, 11) is 4.19. The van der Waals surface area contributed by atoms with Crippen molar-refractivity contribution in [2.45, 2.75) is 18.9 Å². The van der Waals surface area contributed by atoms with Crippen LogP contribution >= 0.6 is 11.6 Å². The van der Waals surface area contributed by atoms with Crippen molar-refractivity contribution in [3.63, 3.8) is 0 Å². The number of halogens is 1. The molecule has 0 aromatic heterocycles. The van der Waals surface area contributed by atoms with Gasteiger partial charge in [0.15, 0.2) is 5.84 Å². The largest absolute Gasteiger partial charge is 0.409 e. The van der Waals surface area contributed by atoms with Crippen LogP contribution in [0.5, 0.6) is 0 Å². The van der Waals surface area contributed by atoms with Gasteiger partial charge in [-0.3, -0.25) is 0 Å². The van der Waals surface area contributed by atoms with Gasteiger partial charge in [-0.1, -0.05) is 16.8 Å². The van der Waals surface area contributed by atoms with Crippen LogP contribution in [0.3, 0.4) is 0 Å². The van der Waals surface area contributed by atoms with Crippen molar-refractivity contribution in [2.24, 2.45) is 10.9 Å². The lowest BCUT2D eigenvalue weighted by Crippen LogP contribution is -2.42. The van der Waals surface area contributed by atoms with Crippen LogP contribution in [0.4, 0.5) is 5.69 Å². The smallest absolute Gasteiger partial charge is 0.172 e. The summed E-state index contributed by atoms with van der Waals surface area (Å²) in [6, 6.07) is 5.94. The van der Waals surface area contributed by atoms with Crippen LogP contribution in [-0.4, -0.2) is 49.2 Å². The van der Waals surface area contributed by atoms with Crippen molar-refractivity contribution in [3.8, 4) is 0 Å². The fourth-order valence-corrected chi connectivity index (χ4v) is 2.83. The standard InChI is InChI=1S/C14H21ClN4O/c1-18-7-5-11(6-8-18)19(2)13-4-3-10(15)9-12(13)14(16)17-20/h3-4,9,11,20H,5-8H2,1-2H3,(H2,16,17). The Morgan fingerprint density at radius 3 is 2.70 bits per heavy atom. The van der Waals surface area contributed by atoms with E-state index in [4.69, 9.17) is 22.5 Å². The molecule has 1 aromatic carbocycles. The van der Waals surface area contributed by atoms with E-state index in [9.17, 15) is 0 Å².